The number of hydrogen-bond acceptors (Lipinski definition) is 3. The smallest absolute Gasteiger partial charge is 0.316 e. The van der Waals surface area contributed by atoms with Gasteiger partial charge in [-0.25, -0.2) is 0 Å². The molecule has 0 N–H and O–H groups in total. The molecule has 0 radical (unpaired) electrons. The summed E-state index contributed by atoms with van der Waals surface area (Å²) in [7, 11) is 0. The van der Waals surface area contributed by atoms with E-state index in [9.17, 15) is 9.59 Å². The van der Waals surface area contributed by atoms with E-state index in [2.05, 4.69) is 0 Å². The number of hydrogen-bond donors (Lipinski definition) is 0. The minimum Gasteiger partial charge on any atom is -0.393 e. The van der Waals surface area contributed by atoms with Crippen molar-refractivity contribution in [2.75, 3.05) is 0 Å². The average Bonchev–Trinajstić information content (AvgIpc) is 2.77. The summed E-state index contributed by atoms with van der Waals surface area (Å²) < 4.78 is 5.45. The van der Waals surface area contributed by atoms with Crippen LogP contribution in [-0.2, 0) is 14.3 Å². The maximum absolute atomic E-state index is 12.7. The van der Waals surface area contributed by atoms with E-state index in [4.69, 9.17) is 4.74 Å². The Bertz CT molecular complexity index is 356. The fourth-order valence-corrected chi connectivity index (χ4v) is 4.71. The summed E-state index contributed by atoms with van der Waals surface area (Å²) >= 11 is 0. The van der Waals surface area contributed by atoms with E-state index in [1.54, 1.807) is 0 Å². The maximum atomic E-state index is 12.7. The van der Waals surface area contributed by atoms with Crippen molar-refractivity contribution in [3.8, 4) is 0 Å². The van der Waals surface area contributed by atoms with Crippen LogP contribution in [0.15, 0.2) is 0 Å². The first-order valence-electron chi connectivity index (χ1n) is 12.0. The van der Waals surface area contributed by atoms with Crippen LogP contribution in [0, 0.1) is 11.8 Å². The zero-order valence-corrected chi connectivity index (χ0v) is 17.5. The van der Waals surface area contributed by atoms with Crippen LogP contribution in [0.25, 0.3) is 0 Å². The summed E-state index contributed by atoms with van der Waals surface area (Å²) in [6.07, 6.45) is 23.2. The van der Waals surface area contributed by atoms with Gasteiger partial charge in [0.1, 0.15) is 0 Å². The minimum atomic E-state index is -0.228. The summed E-state index contributed by atoms with van der Waals surface area (Å²) in [6, 6.07) is 0. The SMILES string of the molecule is O=C(OC(=O)C1CCCCCCCCCC1)C1CCCCCCCCCC1. The Hall–Kier alpha value is -0.860. The van der Waals surface area contributed by atoms with Gasteiger partial charge in [-0.1, -0.05) is 103 Å². The lowest BCUT2D eigenvalue weighted by Crippen LogP contribution is -2.26. The molecule has 0 atom stereocenters. The molecule has 2 aliphatic rings. The Labute approximate surface area is 167 Å². The number of carbonyl (C=O) groups excluding carboxylic acids is 2. The average molecular weight is 379 g/mol. The van der Waals surface area contributed by atoms with Gasteiger partial charge in [-0.2, -0.15) is 0 Å². The molecule has 27 heavy (non-hydrogen) atoms. The highest BCUT2D eigenvalue weighted by Crippen LogP contribution is 2.25. The molecule has 0 amide bonds. The topological polar surface area (TPSA) is 43.4 Å². The van der Waals surface area contributed by atoms with Gasteiger partial charge in [0.2, 0.25) is 0 Å². The molecule has 0 saturated heterocycles. The Balaban J connectivity index is 1.83. The third kappa shape index (κ3) is 9.76. The summed E-state index contributed by atoms with van der Waals surface area (Å²) in [4.78, 5) is 25.4. The molecule has 156 valence electrons. The standard InChI is InChI=1S/C24H42O3/c25-23(21-17-13-9-5-1-2-6-10-14-18-21)27-24(26)22-19-15-11-7-3-4-8-12-16-20-22/h21-22H,1-20H2. The number of carbonyl (C=O) groups is 2. The van der Waals surface area contributed by atoms with E-state index in [0.29, 0.717) is 0 Å². The minimum absolute atomic E-state index is 0.0604. The van der Waals surface area contributed by atoms with Gasteiger partial charge in [0.15, 0.2) is 0 Å². The van der Waals surface area contributed by atoms with Gasteiger partial charge in [-0.3, -0.25) is 9.59 Å². The van der Waals surface area contributed by atoms with Crippen LogP contribution >= 0.6 is 0 Å². The van der Waals surface area contributed by atoms with Crippen LogP contribution in [0.2, 0.25) is 0 Å². The normalized spacial score (nSPS) is 23.6. The molecular weight excluding hydrogens is 336 g/mol. The fraction of sp³-hybridized carbons (Fsp3) is 0.917. The van der Waals surface area contributed by atoms with Gasteiger partial charge in [0.05, 0.1) is 11.8 Å². The van der Waals surface area contributed by atoms with Gasteiger partial charge < -0.3 is 4.74 Å². The molecule has 0 aliphatic heterocycles. The highest BCUT2D eigenvalue weighted by Gasteiger charge is 2.27. The summed E-state index contributed by atoms with van der Waals surface area (Å²) in [5, 5.41) is 0. The second kappa shape index (κ2) is 14.2. The van der Waals surface area contributed by atoms with E-state index < -0.39 is 0 Å². The molecule has 3 heteroatoms. The Morgan fingerprint density at radius 3 is 0.889 bits per heavy atom. The number of rotatable bonds is 2. The lowest BCUT2D eigenvalue weighted by molar-refractivity contribution is -0.166. The molecule has 0 aromatic rings. The zero-order chi connectivity index (χ0) is 19.2. The third-order valence-corrected chi connectivity index (χ3v) is 6.58. The molecule has 0 unspecified atom stereocenters. The first-order valence-corrected chi connectivity index (χ1v) is 12.0. The molecule has 0 aromatic heterocycles. The van der Waals surface area contributed by atoms with Crippen molar-refractivity contribution in [1.29, 1.82) is 0 Å². The van der Waals surface area contributed by atoms with Gasteiger partial charge in [-0.15, -0.1) is 0 Å². The summed E-state index contributed by atoms with van der Waals surface area (Å²) in [5.41, 5.74) is 0. The van der Waals surface area contributed by atoms with Crippen LogP contribution in [0.1, 0.15) is 128 Å². The Morgan fingerprint density at radius 2 is 0.630 bits per heavy atom. The van der Waals surface area contributed by atoms with Crippen molar-refractivity contribution in [3.05, 3.63) is 0 Å². The van der Waals surface area contributed by atoms with Gasteiger partial charge in [-0.05, 0) is 25.7 Å². The maximum Gasteiger partial charge on any atom is 0.316 e. The highest BCUT2D eigenvalue weighted by molar-refractivity contribution is 5.87. The zero-order valence-electron chi connectivity index (χ0n) is 17.5. The Morgan fingerprint density at radius 1 is 0.407 bits per heavy atom. The predicted octanol–water partition coefficient (Wildman–Crippen LogP) is 7.12. The monoisotopic (exact) mass is 378 g/mol. The quantitative estimate of drug-likeness (QED) is 0.379. The van der Waals surface area contributed by atoms with Crippen molar-refractivity contribution in [1.82, 2.24) is 0 Å². The molecule has 2 rings (SSSR count). The van der Waals surface area contributed by atoms with Crippen LogP contribution in [0.5, 0.6) is 0 Å². The second-order valence-corrected chi connectivity index (χ2v) is 8.95. The molecule has 3 nitrogen and oxygen atoms in total. The van der Waals surface area contributed by atoms with Crippen LogP contribution in [0.3, 0.4) is 0 Å². The number of esters is 2. The molecule has 2 fully saturated rings. The molecule has 2 saturated carbocycles. The molecule has 2 aliphatic carbocycles. The van der Waals surface area contributed by atoms with Gasteiger partial charge in [0, 0.05) is 0 Å². The summed E-state index contributed by atoms with van der Waals surface area (Å²) in [6.45, 7) is 0. The van der Waals surface area contributed by atoms with Crippen molar-refractivity contribution in [2.45, 2.75) is 128 Å². The van der Waals surface area contributed by atoms with E-state index >= 15 is 0 Å². The van der Waals surface area contributed by atoms with E-state index in [1.165, 1.54) is 77.0 Å². The first kappa shape index (κ1) is 22.4. The third-order valence-electron chi connectivity index (χ3n) is 6.58. The fourth-order valence-electron chi connectivity index (χ4n) is 4.71. The predicted molar refractivity (Wildman–Crippen MR) is 110 cm³/mol. The van der Waals surface area contributed by atoms with Crippen molar-refractivity contribution in [2.24, 2.45) is 11.8 Å². The van der Waals surface area contributed by atoms with Crippen LogP contribution in [0.4, 0.5) is 0 Å². The Kier molecular flexibility index (Phi) is 11.8. The van der Waals surface area contributed by atoms with E-state index in [1.807, 2.05) is 0 Å². The lowest BCUT2D eigenvalue weighted by atomic mass is 9.94. The molecule has 0 spiro atoms. The largest absolute Gasteiger partial charge is 0.393 e. The van der Waals surface area contributed by atoms with Crippen molar-refractivity contribution in [3.63, 3.8) is 0 Å². The lowest BCUT2D eigenvalue weighted by Gasteiger charge is -2.18. The first-order chi connectivity index (χ1) is 13.3. The van der Waals surface area contributed by atoms with Crippen LogP contribution < -0.4 is 0 Å². The highest BCUT2D eigenvalue weighted by atomic mass is 16.6. The van der Waals surface area contributed by atoms with E-state index in [-0.39, 0.29) is 23.8 Å². The number of ether oxygens (including phenoxy) is 1. The van der Waals surface area contributed by atoms with E-state index in [0.717, 1.165) is 51.4 Å². The van der Waals surface area contributed by atoms with Gasteiger partial charge >= 0.3 is 11.9 Å². The molecule has 0 heterocycles. The second-order valence-electron chi connectivity index (χ2n) is 8.95. The summed E-state index contributed by atoms with van der Waals surface area (Å²) in [5.74, 6) is -0.577. The van der Waals surface area contributed by atoms with Gasteiger partial charge in [0.25, 0.3) is 0 Å². The molecule has 0 aromatic carbocycles. The van der Waals surface area contributed by atoms with Crippen molar-refractivity contribution < 1.29 is 14.3 Å². The van der Waals surface area contributed by atoms with Crippen LogP contribution in [-0.4, -0.2) is 11.9 Å². The van der Waals surface area contributed by atoms with Crippen molar-refractivity contribution >= 4 is 11.9 Å². The molecule has 0 bridgehead atoms. The molecular formula is C24H42O3.